The molecule has 1 N–H and O–H groups in total. The highest BCUT2D eigenvalue weighted by atomic mass is 35.5. The monoisotopic (exact) mass is 272 g/mol. The summed E-state index contributed by atoms with van der Waals surface area (Å²) in [6, 6.07) is 5.64. The van der Waals surface area contributed by atoms with Crippen molar-refractivity contribution in [2.24, 2.45) is 0 Å². The molecule has 1 aromatic carbocycles. The zero-order valence-corrected chi connectivity index (χ0v) is 10.7. The predicted molar refractivity (Wildman–Crippen MR) is 69.1 cm³/mol. The van der Waals surface area contributed by atoms with E-state index >= 15 is 0 Å². The second-order valence-electron chi connectivity index (χ2n) is 3.28. The van der Waals surface area contributed by atoms with E-state index in [-0.39, 0.29) is 0 Å². The van der Waals surface area contributed by atoms with Crippen LogP contribution in [0, 0.1) is 0 Å². The predicted octanol–water partition coefficient (Wildman–Crippen LogP) is 3.74. The first-order valence-corrected chi connectivity index (χ1v) is 6.42. The number of aromatic nitrogens is 1. The van der Waals surface area contributed by atoms with Crippen LogP contribution in [-0.4, -0.2) is 4.98 Å². The second kappa shape index (κ2) is 5.64. The van der Waals surface area contributed by atoms with Gasteiger partial charge in [0.05, 0.1) is 10.0 Å². The zero-order valence-electron chi connectivity index (χ0n) is 8.41. The maximum Gasteiger partial charge on any atom is 0.106 e. The summed E-state index contributed by atoms with van der Waals surface area (Å²) in [5.41, 5.74) is 1.12. The number of nitrogens with zero attached hydrogens (tertiary/aromatic N) is 1. The summed E-state index contributed by atoms with van der Waals surface area (Å²) in [6.45, 7) is 1.54. The molecule has 0 aliphatic rings. The topological polar surface area (TPSA) is 24.9 Å². The summed E-state index contributed by atoms with van der Waals surface area (Å²) < 4.78 is 0. The largest absolute Gasteiger partial charge is 0.306 e. The van der Waals surface area contributed by atoms with Gasteiger partial charge in [-0.1, -0.05) is 29.3 Å². The van der Waals surface area contributed by atoms with Gasteiger partial charge in [-0.2, -0.15) is 0 Å². The highest BCUT2D eigenvalue weighted by molar-refractivity contribution is 7.09. The minimum atomic E-state index is 0.588. The fourth-order valence-corrected chi connectivity index (χ4v) is 2.21. The molecule has 5 heteroatoms. The molecule has 0 unspecified atom stereocenters. The molecule has 0 amide bonds. The summed E-state index contributed by atoms with van der Waals surface area (Å²) >= 11 is 13.4. The first-order valence-electron chi connectivity index (χ1n) is 4.79. The third-order valence-electron chi connectivity index (χ3n) is 2.07. The van der Waals surface area contributed by atoms with Crippen LogP contribution in [0.2, 0.25) is 10.0 Å². The minimum Gasteiger partial charge on any atom is -0.306 e. The van der Waals surface area contributed by atoms with Crippen molar-refractivity contribution in [2.45, 2.75) is 13.1 Å². The van der Waals surface area contributed by atoms with Crippen molar-refractivity contribution in [1.82, 2.24) is 10.3 Å². The molecular formula is C11H10Cl2N2S. The Kier molecular flexibility index (Phi) is 4.18. The molecule has 0 bridgehead atoms. The average molecular weight is 273 g/mol. The molecule has 0 spiro atoms. The third-order valence-corrected chi connectivity index (χ3v) is 3.59. The van der Waals surface area contributed by atoms with Crippen molar-refractivity contribution in [2.75, 3.05) is 0 Å². The van der Waals surface area contributed by atoms with Crippen LogP contribution < -0.4 is 5.32 Å². The van der Waals surface area contributed by atoms with E-state index in [4.69, 9.17) is 23.2 Å². The fraction of sp³-hybridized carbons (Fsp3) is 0.182. The smallest absolute Gasteiger partial charge is 0.106 e. The van der Waals surface area contributed by atoms with Crippen LogP contribution in [-0.2, 0) is 13.1 Å². The Morgan fingerprint density at radius 3 is 2.75 bits per heavy atom. The van der Waals surface area contributed by atoms with Crippen LogP contribution in [0.15, 0.2) is 29.8 Å². The van der Waals surface area contributed by atoms with Crippen molar-refractivity contribution in [3.05, 3.63) is 50.4 Å². The first-order chi connectivity index (χ1) is 7.75. The number of thiazole rings is 1. The third kappa shape index (κ3) is 3.19. The lowest BCUT2D eigenvalue weighted by Crippen LogP contribution is -2.12. The molecule has 0 atom stereocenters. The number of rotatable bonds is 4. The zero-order chi connectivity index (χ0) is 11.4. The molecule has 0 saturated carbocycles. The molecule has 0 fully saturated rings. The maximum atomic E-state index is 5.92. The van der Waals surface area contributed by atoms with Crippen LogP contribution in [0.5, 0.6) is 0 Å². The van der Waals surface area contributed by atoms with E-state index in [1.165, 1.54) is 0 Å². The normalized spacial score (nSPS) is 10.6. The van der Waals surface area contributed by atoms with Crippen LogP contribution in [0.25, 0.3) is 0 Å². The lowest BCUT2D eigenvalue weighted by atomic mass is 10.2. The van der Waals surface area contributed by atoms with Crippen molar-refractivity contribution < 1.29 is 0 Å². The van der Waals surface area contributed by atoms with Crippen LogP contribution in [0.1, 0.15) is 10.6 Å². The molecule has 84 valence electrons. The van der Waals surface area contributed by atoms with Gasteiger partial charge in [0.1, 0.15) is 5.01 Å². The van der Waals surface area contributed by atoms with E-state index in [1.54, 1.807) is 17.5 Å². The SMILES string of the molecule is Clc1ccc(CNCc2nccs2)cc1Cl. The van der Waals surface area contributed by atoms with Crippen LogP contribution in [0.3, 0.4) is 0 Å². The van der Waals surface area contributed by atoms with Gasteiger partial charge in [-0.05, 0) is 17.7 Å². The van der Waals surface area contributed by atoms with Gasteiger partial charge in [0.15, 0.2) is 0 Å². The van der Waals surface area contributed by atoms with Crippen molar-refractivity contribution in [3.63, 3.8) is 0 Å². The number of hydrogen-bond acceptors (Lipinski definition) is 3. The van der Waals surface area contributed by atoms with E-state index < -0.39 is 0 Å². The number of benzene rings is 1. The molecule has 0 saturated heterocycles. The van der Waals surface area contributed by atoms with Gasteiger partial charge in [0.2, 0.25) is 0 Å². The Morgan fingerprint density at radius 1 is 1.19 bits per heavy atom. The van der Waals surface area contributed by atoms with Crippen molar-refractivity contribution in [3.8, 4) is 0 Å². The Morgan fingerprint density at radius 2 is 2.06 bits per heavy atom. The van der Waals surface area contributed by atoms with Crippen molar-refractivity contribution in [1.29, 1.82) is 0 Å². The van der Waals surface area contributed by atoms with E-state index in [2.05, 4.69) is 10.3 Å². The molecule has 0 aliphatic carbocycles. The molecule has 16 heavy (non-hydrogen) atoms. The molecular weight excluding hydrogens is 263 g/mol. The number of hydrogen-bond donors (Lipinski definition) is 1. The van der Waals surface area contributed by atoms with Gasteiger partial charge >= 0.3 is 0 Å². The lowest BCUT2D eigenvalue weighted by Gasteiger charge is -2.04. The summed E-state index contributed by atoms with van der Waals surface area (Å²) in [7, 11) is 0. The van der Waals surface area contributed by atoms with Crippen LogP contribution >= 0.6 is 34.5 Å². The average Bonchev–Trinajstić information content (AvgIpc) is 2.76. The standard InChI is InChI=1S/C11H10Cl2N2S/c12-9-2-1-8(5-10(9)13)6-14-7-11-15-3-4-16-11/h1-5,14H,6-7H2. The Bertz CT molecular complexity index is 457. The quantitative estimate of drug-likeness (QED) is 0.917. The number of nitrogens with one attached hydrogen (secondary N) is 1. The molecule has 0 radical (unpaired) electrons. The van der Waals surface area contributed by atoms with E-state index in [1.807, 2.05) is 23.6 Å². The van der Waals surface area contributed by atoms with E-state index in [0.717, 1.165) is 23.7 Å². The van der Waals surface area contributed by atoms with Gasteiger partial charge < -0.3 is 5.32 Å². The van der Waals surface area contributed by atoms with Gasteiger partial charge in [-0.25, -0.2) is 4.98 Å². The summed E-state index contributed by atoms with van der Waals surface area (Å²) in [5, 5.41) is 7.53. The van der Waals surface area contributed by atoms with E-state index in [9.17, 15) is 0 Å². The van der Waals surface area contributed by atoms with Crippen LogP contribution in [0.4, 0.5) is 0 Å². The fourth-order valence-electron chi connectivity index (χ4n) is 1.30. The molecule has 0 aliphatic heterocycles. The molecule has 2 rings (SSSR count). The Hall–Kier alpha value is -0.610. The van der Waals surface area contributed by atoms with Gasteiger partial charge in [-0.3, -0.25) is 0 Å². The molecule has 1 heterocycles. The minimum absolute atomic E-state index is 0.588. The molecule has 2 nitrogen and oxygen atoms in total. The molecule has 1 aromatic heterocycles. The summed E-state index contributed by atoms with van der Waals surface area (Å²) in [6.07, 6.45) is 1.81. The van der Waals surface area contributed by atoms with Gasteiger partial charge in [0, 0.05) is 24.7 Å². The highest BCUT2D eigenvalue weighted by Crippen LogP contribution is 2.22. The lowest BCUT2D eigenvalue weighted by molar-refractivity contribution is 0.690. The summed E-state index contributed by atoms with van der Waals surface area (Å²) in [5.74, 6) is 0. The second-order valence-corrected chi connectivity index (χ2v) is 5.07. The van der Waals surface area contributed by atoms with E-state index in [0.29, 0.717) is 10.0 Å². The Balaban J connectivity index is 1.87. The van der Waals surface area contributed by atoms with Gasteiger partial charge in [0.25, 0.3) is 0 Å². The highest BCUT2D eigenvalue weighted by Gasteiger charge is 2.00. The first kappa shape index (κ1) is 11.9. The van der Waals surface area contributed by atoms with Crippen molar-refractivity contribution >= 4 is 34.5 Å². The molecule has 2 aromatic rings. The van der Waals surface area contributed by atoms with Gasteiger partial charge in [-0.15, -0.1) is 11.3 Å². The maximum absolute atomic E-state index is 5.92. The number of halogens is 2. The Labute approximate surface area is 108 Å². The summed E-state index contributed by atoms with van der Waals surface area (Å²) in [4.78, 5) is 4.19.